The van der Waals surface area contributed by atoms with E-state index >= 15 is 0 Å². The second-order valence-corrected chi connectivity index (χ2v) is 6.95. The first-order chi connectivity index (χ1) is 12.1. The van der Waals surface area contributed by atoms with Crippen LogP contribution in [-0.4, -0.2) is 43.2 Å². The van der Waals surface area contributed by atoms with Gasteiger partial charge in [0, 0.05) is 24.0 Å². The minimum atomic E-state index is -0.858. The Balaban J connectivity index is 1.80. The molecule has 1 aromatic carbocycles. The molecule has 1 fully saturated rings. The Morgan fingerprint density at radius 3 is 2.48 bits per heavy atom. The van der Waals surface area contributed by atoms with E-state index < -0.39 is 23.1 Å². The number of rotatable bonds is 5. The number of morpholine rings is 1. The van der Waals surface area contributed by atoms with E-state index in [0.717, 1.165) is 30.1 Å². The van der Waals surface area contributed by atoms with Crippen LogP contribution in [0.25, 0.3) is 0 Å². The molecule has 0 bridgehead atoms. The Kier molecular flexibility index (Phi) is 5.78. The van der Waals surface area contributed by atoms with E-state index in [2.05, 4.69) is 10.2 Å². The lowest BCUT2D eigenvalue weighted by molar-refractivity contribution is 0.00967. The fraction of sp³-hybridized carbons (Fsp3) is 0.389. The quantitative estimate of drug-likeness (QED) is 0.883. The molecule has 0 unspecified atom stereocenters. The van der Waals surface area contributed by atoms with E-state index in [0.29, 0.717) is 13.2 Å². The summed E-state index contributed by atoms with van der Waals surface area (Å²) in [7, 11) is 0. The Morgan fingerprint density at radius 1 is 1.20 bits per heavy atom. The number of benzene rings is 1. The molecule has 134 valence electrons. The number of hydrogen-bond donors (Lipinski definition) is 1. The molecule has 1 aliphatic heterocycles. The summed E-state index contributed by atoms with van der Waals surface area (Å²) < 4.78 is 33.1. The number of thiophene rings is 1. The average molecular weight is 366 g/mol. The Hall–Kier alpha value is -1.83. The smallest absolute Gasteiger partial charge is 0.257 e. The van der Waals surface area contributed by atoms with Gasteiger partial charge in [0.2, 0.25) is 0 Å². The number of carbonyl (C=O) groups excluding carboxylic acids is 1. The molecule has 0 radical (unpaired) electrons. The van der Waals surface area contributed by atoms with Gasteiger partial charge in [-0.3, -0.25) is 9.69 Å². The summed E-state index contributed by atoms with van der Waals surface area (Å²) in [5.74, 6) is -2.45. The molecule has 7 heteroatoms. The van der Waals surface area contributed by atoms with Crippen LogP contribution >= 0.6 is 11.3 Å². The summed E-state index contributed by atoms with van der Waals surface area (Å²) in [6, 6.07) is 7.00. The lowest BCUT2D eigenvalue weighted by Crippen LogP contribution is -2.48. The van der Waals surface area contributed by atoms with Crippen molar-refractivity contribution in [1.29, 1.82) is 0 Å². The van der Waals surface area contributed by atoms with Crippen molar-refractivity contribution in [1.82, 2.24) is 10.2 Å². The molecule has 3 rings (SSSR count). The first-order valence-electron chi connectivity index (χ1n) is 8.18. The molecule has 1 saturated heterocycles. The lowest BCUT2D eigenvalue weighted by Gasteiger charge is -2.37. The van der Waals surface area contributed by atoms with Crippen LogP contribution in [-0.2, 0) is 4.74 Å². The summed E-state index contributed by atoms with van der Waals surface area (Å²) in [5, 5.41) is 4.75. The van der Waals surface area contributed by atoms with Crippen LogP contribution < -0.4 is 5.32 Å². The molecule has 2 heterocycles. The molecule has 1 amide bonds. The van der Waals surface area contributed by atoms with Gasteiger partial charge in [0.1, 0.15) is 17.2 Å². The van der Waals surface area contributed by atoms with E-state index in [1.54, 1.807) is 11.3 Å². The molecule has 4 nitrogen and oxygen atoms in total. The van der Waals surface area contributed by atoms with Gasteiger partial charge in [0.05, 0.1) is 19.3 Å². The van der Waals surface area contributed by atoms with Gasteiger partial charge in [-0.15, -0.1) is 11.3 Å². The van der Waals surface area contributed by atoms with Gasteiger partial charge < -0.3 is 10.1 Å². The highest BCUT2D eigenvalue weighted by Gasteiger charge is 2.30. The van der Waals surface area contributed by atoms with Crippen molar-refractivity contribution in [3.63, 3.8) is 0 Å². The van der Waals surface area contributed by atoms with E-state index in [9.17, 15) is 13.6 Å². The third kappa shape index (κ3) is 4.05. The topological polar surface area (TPSA) is 41.6 Å². The summed E-state index contributed by atoms with van der Waals surface area (Å²) in [6.07, 6.45) is 0. The van der Waals surface area contributed by atoms with Crippen LogP contribution in [0.2, 0.25) is 0 Å². The highest BCUT2D eigenvalue weighted by molar-refractivity contribution is 7.10. The van der Waals surface area contributed by atoms with Gasteiger partial charge in [-0.2, -0.15) is 0 Å². The summed E-state index contributed by atoms with van der Waals surface area (Å²) >= 11 is 1.60. The van der Waals surface area contributed by atoms with Gasteiger partial charge >= 0.3 is 0 Å². The molecule has 2 atom stereocenters. The average Bonchev–Trinajstić information content (AvgIpc) is 3.10. The molecule has 25 heavy (non-hydrogen) atoms. The molecule has 1 N–H and O–H groups in total. The molecule has 1 aliphatic rings. The Bertz CT molecular complexity index is 698. The standard InChI is InChI=1S/C18H20F2N2O2S/c1-12(21-18(23)16-13(19)4-2-5-14(16)20)17(15-6-3-11-25-15)22-7-9-24-10-8-22/h2-6,11-12,17H,7-10H2,1H3,(H,21,23)/t12-,17-/m0/s1. The fourth-order valence-electron chi connectivity index (χ4n) is 3.13. The van der Waals surface area contributed by atoms with Crippen molar-refractivity contribution in [2.45, 2.75) is 19.0 Å². The van der Waals surface area contributed by atoms with E-state index in [-0.39, 0.29) is 12.1 Å². The van der Waals surface area contributed by atoms with Crippen molar-refractivity contribution in [3.8, 4) is 0 Å². The zero-order chi connectivity index (χ0) is 17.8. The van der Waals surface area contributed by atoms with Crippen LogP contribution in [0.3, 0.4) is 0 Å². The second kappa shape index (κ2) is 8.03. The van der Waals surface area contributed by atoms with Crippen LogP contribution in [0.5, 0.6) is 0 Å². The second-order valence-electron chi connectivity index (χ2n) is 5.97. The number of halogens is 2. The maximum atomic E-state index is 13.9. The number of nitrogens with one attached hydrogen (secondary N) is 1. The highest BCUT2D eigenvalue weighted by Crippen LogP contribution is 2.29. The minimum absolute atomic E-state index is 0.0670. The zero-order valence-electron chi connectivity index (χ0n) is 13.9. The monoisotopic (exact) mass is 366 g/mol. The summed E-state index contributed by atoms with van der Waals surface area (Å²) in [6.45, 7) is 4.61. The molecule has 0 aliphatic carbocycles. The van der Waals surface area contributed by atoms with Gasteiger partial charge in [-0.05, 0) is 30.5 Å². The fourth-order valence-corrected chi connectivity index (χ4v) is 4.09. The molecular weight excluding hydrogens is 346 g/mol. The van der Waals surface area contributed by atoms with Crippen LogP contribution in [0, 0.1) is 11.6 Å². The first-order valence-corrected chi connectivity index (χ1v) is 9.06. The van der Waals surface area contributed by atoms with E-state index in [1.165, 1.54) is 6.07 Å². The molecule has 1 aromatic heterocycles. The maximum absolute atomic E-state index is 13.9. The van der Waals surface area contributed by atoms with Crippen molar-refractivity contribution >= 4 is 17.2 Å². The van der Waals surface area contributed by atoms with Crippen LogP contribution in [0.4, 0.5) is 8.78 Å². The summed E-state index contributed by atoms with van der Waals surface area (Å²) in [4.78, 5) is 15.8. The normalized spacial score (nSPS) is 17.9. The number of carbonyl (C=O) groups is 1. The van der Waals surface area contributed by atoms with Crippen LogP contribution in [0.15, 0.2) is 35.7 Å². The minimum Gasteiger partial charge on any atom is -0.379 e. The predicted octanol–water partition coefficient (Wildman–Crippen LogP) is 3.22. The van der Waals surface area contributed by atoms with Crippen molar-refractivity contribution in [3.05, 3.63) is 57.8 Å². The summed E-state index contributed by atoms with van der Waals surface area (Å²) in [5.41, 5.74) is -0.541. The van der Waals surface area contributed by atoms with E-state index in [1.807, 2.05) is 24.4 Å². The van der Waals surface area contributed by atoms with Gasteiger partial charge in [0.25, 0.3) is 5.91 Å². The Labute approximate surface area is 149 Å². The van der Waals surface area contributed by atoms with Gasteiger partial charge in [0.15, 0.2) is 0 Å². The third-order valence-electron chi connectivity index (χ3n) is 4.30. The third-order valence-corrected chi connectivity index (χ3v) is 5.24. The van der Waals surface area contributed by atoms with Crippen LogP contribution in [0.1, 0.15) is 28.2 Å². The van der Waals surface area contributed by atoms with Crippen molar-refractivity contribution in [2.75, 3.05) is 26.3 Å². The molecule has 0 spiro atoms. The molecular formula is C18H20F2N2O2S. The van der Waals surface area contributed by atoms with Crippen molar-refractivity contribution < 1.29 is 18.3 Å². The largest absolute Gasteiger partial charge is 0.379 e. The first kappa shape index (κ1) is 18.0. The predicted molar refractivity (Wildman–Crippen MR) is 92.7 cm³/mol. The molecule has 0 saturated carbocycles. The maximum Gasteiger partial charge on any atom is 0.257 e. The van der Waals surface area contributed by atoms with Crippen molar-refractivity contribution in [2.24, 2.45) is 0 Å². The number of hydrogen-bond acceptors (Lipinski definition) is 4. The Morgan fingerprint density at radius 2 is 1.88 bits per heavy atom. The van der Waals surface area contributed by atoms with Gasteiger partial charge in [-0.25, -0.2) is 8.78 Å². The number of nitrogens with zero attached hydrogens (tertiary/aromatic N) is 1. The zero-order valence-corrected chi connectivity index (χ0v) is 14.7. The lowest BCUT2D eigenvalue weighted by atomic mass is 10.0. The molecule has 2 aromatic rings. The number of amides is 1. The van der Waals surface area contributed by atoms with E-state index in [4.69, 9.17) is 4.74 Å². The highest BCUT2D eigenvalue weighted by atomic mass is 32.1. The number of ether oxygens (including phenoxy) is 1. The SMILES string of the molecule is C[C@H](NC(=O)c1c(F)cccc1F)[C@@H](c1cccs1)N1CCOCC1. The van der Waals surface area contributed by atoms with Gasteiger partial charge in [-0.1, -0.05) is 12.1 Å².